The van der Waals surface area contributed by atoms with E-state index in [2.05, 4.69) is 23.6 Å². The lowest BCUT2D eigenvalue weighted by Gasteiger charge is -2.09. The first-order valence-electron chi connectivity index (χ1n) is 4.51. The van der Waals surface area contributed by atoms with E-state index in [1.54, 1.807) is 37.5 Å². The van der Waals surface area contributed by atoms with Crippen LogP contribution in [0.25, 0.3) is 5.57 Å². The molecule has 3 nitrogen and oxygen atoms in total. The van der Waals surface area contributed by atoms with Gasteiger partial charge in [0.1, 0.15) is 5.75 Å². The molecule has 78 valence electrons. The van der Waals surface area contributed by atoms with Crippen molar-refractivity contribution >= 4 is 18.0 Å². The van der Waals surface area contributed by atoms with Gasteiger partial charge in [0.25, 0.3) is 0 Å². The van der Waals surface area contributed by atoms with Crippen molar-refractivity contribution in [3.8, 4) is 5.75 Å². The van der Waals surface area contributed by atoms with Gasteiger partial charge in [-0.3, -0.25) is 4.99 Å². The highest BCUT2D eigenvalue weighted by atomic mass is 16.3. The van der Waals surface area contributed by atoms with Crippen molar-refractivity contribution in [3.63, 3.8) is 0 Å². The summed E-state index contributed by atoms with van der Waals surface area (Å²) in [5.41, 5.74) is 2.57. The average Bonchev–Trinajstić information content (AvgIpc) is 2.25. The van der Waals surface area contributed by atoms with Gasteiger partial charge in [-0.05, 0) is 30.5 Å². The number of aromatic hydroxyl groups is 1. The Hall–Kier alpha value is -2.03. The molecule has 0 saturated carbocycles. The number of allylic oxidation sites excluding steroid dienone is 2. The van der Waals surface area contributed by atoms with E-state index in [9.17, 15) is 5.11 Å². The first-order valence-corrected chi connectivity index (χ1v) is 4.51. The van der Waals surface area contributed by atoms with Gasteiger partial charge in [-0.2, -0.15) is 0 Å². The number of nitrogens with zero attached hydrogens (tertiary/aromatic N) is 1. The smallest absolute Gasteiger partial charge is 0.117 e. The van der Waals surface area contributed by atoms with Crippen molar-refractivity contribution < 1.29 is 5.11 Å². The first-order chi connectivity index (χ1) is 7.19. The molecule has 3 heteroatoms. The molecule has 1 aromatic carbocycles. The third kappa shape index (κ3) is 2.71. The van der Waals surface area contributed by atoms with Crippen LogP contribution in [0, 0.1) is 0 Å². The number of hydrogen-bond donors (Lipinski definition) is 2. The number of hydrogen-bond acceptors (Lipinski definition) is 3. The zero-order valence-corrected chi connectivity index (χ0v) is 8.70. The summed E-state index contributed by atoms with van der Waals surface area (Å²) in [7, 11) is 1.79. The molecule has 2 N–H and O–H groups in total. The van der Waals surface area contributed by atoms with Gasteiger partial charge in [0.2, 0.25) is 0 Å². The number of rotatable bonds is 4. The lowest BCUT2D eigenvalue weighted by molar-refractivity contribution is 0.475. The SMILES string of the molecule is C=N/C=C\C(=C)c1ccc(O)cc1NC. The standard InChI is InChI=1S/C12H14N2O/c1-9(6-7-13-2)11-5-4-10(15)8-12(11)14-3/h4-8,14-15H,1-2H2,3H3/b7-6-. The molecule has 0 spiro atoms. The zero-order chi connectivity index (χ0) is 11.3. The largest absolute Gasteiger partial charge is 0.508 e. The quantitative estimate of drug-likeness (QED) is 0.582. The maximum atomic E-state index is 9.31. The molecule has 0 aliphatic rings. The lowest BCUT2D eigenvalue weighted by atomic mass is 10.0. The Morgan fingerprint density at radius 2 is 2.27 bits per heavy atom. The molecule has 0 fully saturated rings. The number of anilines is 1. The maximum Gasteiger partial charge on any atom is 0.117 e. The lowest BCUT2D eigenvalue weighted by Crippen LogP contribution is -1.93. The van der Waals surface area contributed by atoms with E-state index in [1.807, 2.05) is 0 Å². The van der Waals surface area contributed by atoms with Gasteiger partial charge in [-0.15, -0.1) is 0 Å². The minimum Gasteiger partial charge on any atom is -0.508 e. The molecule has 0 aliphatic heterocycles. The number of phenolic OH excluding ortho intramolecular Hbond substituents is 1. The Labute approximate surface area is 89.5 Å². The number of benzene rings is 1. The summed E-state index contributed by atoms with van der Waals surface area (Å²) in [6, 6.07) is 5.07. The third-order valence-corrected chi connectivity index (χ3v) is 2.00. The van der Waals surface area contributed by atoms with Crippen LogP contribution in [0.2, 0.25) is 0 Å². The number of nitrogens with one attached hydrogen (secondary N) is 1. The Morgan fingerprint density at radius 1 is 1.53 bits per heavy atom. The molecule has 0 radical (unpaired) electrons. The Morgan fingerprint density at radius 3 is 2.87 bits per heavy atom. The molecule has 0 bridgehead atoms. The molecule has 1 rings (SSSR count). The molecule has 0 aromatic heterocycles. The molecule has 0 saturated heterocycles. The molecule has 0 aliphatic carbocycles. The second-order valence-electron chi connectivity index (χ2n) is 3.00. The topological polar surface area (TPSA) is 44.6 Å². The zero-order valence-electron chi connectivity index (χ0n) is 8.70. The van der Waals surface area contributed by atoms with Gasteiger partial charge >= 0.3 is 0 Å². The Balaban J connectivity index is 3.08. The molecule has 15 heavy (non-hydrogen) atoms. The average molecular weight is 202 g/mol. The van der Waals surface area contributed by atoms with Crippen LogP contribution >= 0.6 is 0 Å². The Kier molecular flexibility index (Phi) is 3.68. The first kappa shape index (κ1) is 11.0. The highest BCUT2D eigenvalue weighted by Crippen LogP contribution is 2.27. The van der Waals surface area contributed by atoms with Crippen molar-refractivity contribution in [2.75, 3.05) is 12.4 Å². The molecule has 1 aromatic rings. The van der Waals surface area contributed by atoms with Crippen molar-refractivity contribution in [1.29, 1.82) is 0 Å². The molecule has 0 heterocycles. The van der Waals surface area contributed by atoms with E-state index < -0.39 is 0 Å². The van der Waals surface area contributed by atoms with Gasteiger partial charge < -0.3 is 10.4 Å². The van der Waals surface area contributed by atoms with Crippen molar-refractivity contribution in [1.82, 2.24) is 0 Å². The van der Waals surface area contributed by atoms with Crippen LogP contribution in [0.3, 0.4) is 0 Å². The van der Waals surface area contributed by atoms with E-state index in [-0.39, 0.29) is 5.75 Å². The second kappa shape index (κ2) is 5.00. The number of aliphatic imine (C=N–C) groups is 1. The van der Waals surface area contributed by atoms with Crippen LogP contribution in [-0.2, 0) is 0 Å². The fourth-order valence-corrected chi connectivity index (χ4v) is 1.25. The van der Waals surface area contributed by atoms with Crippen LogP contribution in [0.1, 0.15) is 5.56 Å². The van der Waals surface area contributed by atoms with Crippen LogP contribution < -0.4 is 5.32 Å². The summed E-state index contributed by atoms with van der Waals surface area (Å²) in [5.74, 6) is 0.224. The number of phenols is 1. The maximum absolute atomic E-state index is 9.31. The highest BCUT2D eigenvalue weighted by molar-refractivity contribution is 5.81. The van der Waals surface area contributed by atoms with E-state index in [0.717, 1.165) is 16.8 Å². The summed E-state index contributed by atoms with van der Waals surface area (Å²) in [5, 5.41) is 12.3. The van der Waals surface area contributed by atoms with E-state index in [0.29, 0.717) is 0 Å². The Bertz CT molecular complexity index is 408. The van der Waals surface area contributed by atoms with Gasteiger partial charge in [-0.1, -0.05) is 6.58 Å². The second-order valence-corrected chi connectivity index (χ2v) is 3.00. The van der Waals surface area contributed by atoms with Crippen molar-refractivity contribution in [2.24, 2.45) is 4.99 Å². The molecule has 0 unspecified atom stereocenters. The highest BCUT2D eigenvalue weighted by Gasteiger charge is 2.03. The minimum atomic E-state index is 0.224. The molecule has 0 atom stereocenters. The van der Waals surface area contributed by atoms with Crippen LogP contribution in [0.4, 0.5) is 5.69 Å². The summed E-state index contributed by atoms with van der Waals surface area (Å²) < 4.78 is 0. The third-order valence-electron chi connectivity index (χ3n) is 2.00. The minimum absolute atomic E-state index is 0.224. The molecular formula is C12H14N2O. The van der Waals surface area contributed by atoms with Gasteiger partial charge in [-0.25, -0.2) is 0 Å². The summed E-state index contributed by atoms with van der Waals surface area (Å²) >= 11 is 0. The predicted molar refractivity (Wildman–Crippen MR) is 65.4 cm³/mol. The molecular weight excluding hydrogens is 188 g/mol. The van der Waals surface area contributed by atoms with Gasteiger partial charge in [0.05, 0.1) is 0 Å². The van der Waals surface area contributed by atoms with Crippen molar-refractivity contribution in [3.05, 3.63) is 42.6 Å². The van der Waals surface area contributed by atoms with Crippen LogP contribution in [-0.4, -0.2) is 18.9 Å². The van der Waals surface area contributed by atoms with E-state index in [1.165, 1.54) is 0 Å². The van der Waals surface area contributed by atoms with Crippen molar-refractivity contribution in [2.45, 2.75) is 0 Å². The van der Waals surface area contributed by atoms with Crippen LogP contribution in [0.15, 0.2) is 42.0 Å². The fraction of sp³-hybridized carbons (Fsp3) is 0.0833. The normalized spacial score (nSPS) is 10.2. The van der Waals surface area contributed by atoms with E-state index in [4.69, 9.17) is 0 Å². The van der Waals surface area contributed by atoms with Crippen LogP contribution in [0.5, 0.6) is 5.75 Å². The van der Waals surface area contributed by atoms with Gasteiger partial charge in [0.15, 0.2) is 0 Å². The summed E-state index contributed by atoms with van der Waals surface area (Å²) in [4.78, 5) is 3.61. The summed E-state index contributed by atoms with van der Waals surface area (Å²) in [6.45, 7) is 7.25. The molecule has 0 amide bonds. The summed E-state index contributed by atoms with van der Waals surface area (Å²) in [6.07, 6.45) is 3.34. The monoisotopic (exact) mass is 202 g/mol. The van der Waals surface area contributed by atoms with E-state index >= 15 is 0 Å². The fourth-order valence-electron chi connectivity index (χ4n) is 1.25. The predicted octanol–water partition coefficient (Wildman–Crippen LogP) is 2.66. The van der Waals surface area contributed by atoms with Gasteiger partial charge in [0, 0.05) is 30.6 Å².